The molecule has 0 saturated carbocycles. The molecule has 28 heavy (non-hydrogen) atoms. The molecule has 8 nitrogen and oxygen atoms in total. The summed E-state index contributed by atoms with van der Waals surface area (Å²) in [6.45, 7) is 5.39. The van der Waals surface area contributed by atoms with Gasteiger partial charge in [-0.2, -0.15) is 10.2 Å². The maximum absolute atomic E-state index is 12.3. The first-order valence-electron chi connectivity index (χ1n) is 9.00. The lowest BCUT2D eigenvalue weighted by Gasteiger charge is -2.05. The van der Waals surface area contributed by atoms with Crippen molar-refractivity contribution in [3.63, 3.8) is 0 Å². The van der Waals surface area contributed by atoms with E-state index in [1.54, 1.807) is 35.3 Å². The smallest absolute Gasteiger partial charge is 0.225 e. The van der Waals surface area contributed by atoms with Crippen LogP contribution in [0.15, 0.2) is 53.8 Å². The number of aromatic nitrogens is 4. The van der Waals surface area contributed by atoms with E-state index in [-0.39, 0.29) is 23.0 Å². The van der Waals surface area contributed by atoms with Crippen molar-refractivity contribution < 1.29 is 13.2 Å². The Morgan fingerprint density at radius 1 is 1.14 bits per heavy atom. The van der Waals surface area contributed by atoms with Crippen LogP contribution in [0.1, 0.15) is 24.6 Å². The van der Waals surface area contributed by atoms with E-state index < -0.39 is 9.84 Å². The largest absolute Gasteiger partial charge is 0.323 e. The van der Waals surface area contributed by atoms with Crippen molar-refractivity contribution in [2.75, 3.05) is 11.1 Å². The molecule has 0 spiro atoms. The van der Waals surface area contributed by atoms with Crippen molar-refractivity contribution in [3.05, 3.63) is 60.2 Å². The number of benzene rings is 1. The van der Waals surface area contributed by atoms with Crippen LogP contribution in [0.4, 0.5) is 5.69 Å². The van der Waals surface area contributed by atoms with Gasteiger partial charge in [0.25, 0.3) is 0 Å². The maximum Gasteiger partial charge on any atom is 0.225 e. The number of aryl methyl sites for hydroxylation is 1. The van der Waals surface area contributed by atoms with E-state index in [4.69, 9.17) is 0 Å². The molecule has 9 heteroatoms. The molecule has 1 N–H and O–H groups in total. The van der Waals surface area contributed by atoms with Gasteiger partial charge < -0.3 is 5.32 Å². The van der Waals surface area contributed by atoms with Gasteiger partial charge in [0.2, 0.25) is 5.91 Å². The molecule has 0 atom stereocenters. The lowest BCUT2D eigenvalue weighted by molar-refractivity contribution is -0.115. The molecule has 0 unspecified atom stereocenters. The first kappa shape index (κ1) is 19.8. The third-order valence-corrected chi connectivity index (χ3v) is 6.19. The van der Waals surface area contributed by atoms with Gasteiger partial charge in [0.15, 0.2) is 9.84 Å². The van der Waals surface area contributed by atoms with Gasteiger partial charge in [-0.15, -0.1) is 0 Å². The highest BCUT2D eigenvalue weighted by molar-refractivity contribution is 7.91. The fraction of sp³-hybridized carbons (Fsp3) is 0.316. The second-order valence-corrected chi connectivity index (χ2v) is 8.54. The predicted molar refractivity (Wildman–Crippen MR) is 106 cm³/mol. The first-order valence-corrected chi connectivity index (χ1v) is 10.7. The number of hydrogen-bond donors (Lipinski definition) is 1. The molecule has 0 aliphatic carbocycles. The Balaban J connectivity index is 1.56. The summed E-state index contributed by atoms with van der Waals surface area (Å²) in [7, 11) is -3.48. The summed E-state index contributed by atoms with van der Waals surface area (Å²) in [5.41, 5.74) is 2.66. The number of hydrogen-bond acceptors (Lipinski definition) is 5. The number of sulfone groups is 1. The normalized spacial score (nSPS) is 11.5. The van der Waals surface area contributed by atoms with Crippen LogP contribution in [0.3, 0.4) is 0 Å². The standard InChI is InChI=1S/C19H23N5O3S/c1-3-24-15(2)16(11-21-24)13-23-14-17(12-20-23)22-19(25)9-10-28(26,27)18-7-5-4-6-8-18/h4-8,11-12,14H,3,9-10,13H2,1-2H3,(H,22,25). The van der Waals surface area contributed by atoms with Crippen molar-refractivity contribution in [3.8, 4) is 0 Å². The first-order chi connectivity index (χ1) is 13.4. The molecule has 0 aliphatic rings. The van der Waals surface area contributed by atoms with Gasteiger partial charge in [0, 0.05) is 30.4 Å². The molecular weight excluding hydrogens is 378 g/mol. The number of nitrogens with one attached hydrogen (secondary N) is 1. The number of rotatable bonds is 8. The molecule has 2 heterocycles. The fourth-order valence-electron chi connectivity index (χ4n) is 2.84. The lowest BCUT2D eigenvalue weighted by Crippen LogP contribution is -2.17. The number of carbonyl (C=O) groups is 1. The zero-order valence-corrected chi connectivity index (χ0v) is 16.7. The van der Waals surface area contributed by atoms with E-state index in [1.807, 2.05) is 24.7 Å². The van der Waals surface area contributed by atoms with Crippen molar-refractivity contribution in [2.45, 2.75) is 38.3 Å². The molecule has 148 valence electrons. The molecule has 0 bridgehead atoms. The average Bonchev–Trinajstić information content (AvgIpc) is 3.28. The van der Waals surface area contributed by atoms with Gasteiger partial charge in [-0.05, 0) is 26.0 Å². The highest BCUT2D eigenvalue weighted by Gasteiger charge is 2.16. The monoisotopic (exact) mass is 401 g/mol. The molecule has 0 fully saturated rings. The Bertz CT molecular complexity index is 1050. The van der Waals surface area contributed by atoms with E-state index in [0.717, 1.165) is 17.8 Å². The van der Waals surface area contributed by atoms with Gasteiger partial charge in [-0.25, -0.2) is 8.42 Å². The van der Waals surface area contributed by atoms with Gasteiger partial charge in [0.05, 0.1) is 35.3 Å². The summed E-state index contributed by atoms with van der Waals surface area (Å²) in [5.74, 6) is -0.610. The second-order valence-electron chi connectivity index (χ2n) is 6.43. The minimum absolute atomic E-state index is 0.120. The fourth-order valence-corrected chi connectivity index (χ4v) is 4.11. The van der Waals surface area contributed by atoms with Crippen LogP contribution in [0, 0.1) is 6.92 Å². The molecule has 0 saturated heterocycles. The Labute approximate surface area is 164 Å². The zero-order chi connectivity index (χ0) is 20.1. The molecule has 0 radical (unpaired) electrons. The molecule has 3 rings (SSSR count). The molecular formula is C19H23N5O3S. The van der Waals surface area contributed by atoms with Gasteiger partial charge in [-0.1, -0.05) is 18.2 Å². The van der Waals surface area contributed by atoms with E-state index in [0.29, 0.717) is 12.2 Å². The molecule has 1 aromatic carbocycles. The number of nitrogens with zero attached hydrogens (tertiary/aromatic N) is 4. The summed E-state index contributed by atoms with van der Waals surface area (Å²) in [6, 6.07) is 8.12. The third kappa shape index (κ3) is 4.66. The van der Waals surface area contributed by atoms with Crippen molar-refractivity contribution in [2.24, 2.45) is 0 Å². The molecule has 0 aliphatic heterocycles. The lowest BCUT2D eigenvalue weighted by atomic mass is 10.2. The third-order valence-electron chi connectivity index (χ3n) is 4.45. The minimum atomic E-state index is -3.48. The number of carbonyl (C=O) groups excluding carboxylic acids is 1. The predicted octanol–water partition coefficient (Wildman–Crippen LogP) is 2.26. The van der Waals surface area contributed by atoms with E-state index in [9.17, 15) is 13.2 Å². The maximum atomic E-state index is 12.3. The second kappa shape index (κ2) is 8.39. The average molecular weight is 401 g/mol. The topological polar surface area (TPSA) is 98.9 Å². The summed E-state index contributed by atoms with van der Waals surface area (Å²) in [6.07, 6.45) is 4.95. The molecule has 2 aromatic heterocycles. The van der Waals surface area contributed by atoms with Gasteiger partial charge >= 0.3 is 0 Å². The van der Waals surface area contributed by atoms with E-state index in [1.165, 1.54) is 12.1 Å². The van der Waals surface area contributed by atoms with Crippen LogP contribution >= 0.6 is 0 Å². The molecule has 3 aromatic rings. The Morgan fingerprint density at radius 3 is 2.57 bits per heavy atom. The molecule has 1 amide bonds. The van der Waals surface area contributed by atoms with Crippen LogP contribution in [0.5, 0.6) is 0 Å². The zero-order valence-electron chi connectivity index (χ0n) is 15.9. The summed E-state index contributed by atoms with van der Waals surface area (Å²) < 4.78 is 28.1. The van der Waals surface area contributed by atoms with Crippen LogP contribution in [-0.4, -0.2) is 39.6 Å². The minimum Gasteiger partial charge on any atom is -0.323 e. The Kier molecular flexibility index (Phi) is 5.93. The van der Waals surface area contributed by atoms with Gasteiger partial charge in [-0.3, -0.25) is 14.2 Å². The summed E-state index contributed by atoms with van der Waals surface area (Å²) in [4.78, 5) is 12.3. The number of amides is 1. The van der Waals surface area contributed by atoms with Crippen molar-refractivity contribution in [1.29, 1.82) is 0 Å². The van der Waals surface area contributed by atoms with Crippen molar-refractivity contribution in [1.82, 2.24) is 19.6 Å². The van der Waals surface area contributed by atoms with E-state index >= 15 is 0 Å². The number of anilines is 1. The Morgan fingerprint density at radius 2 is 1.89 bits per heavy atom. The quantitative estimate of drug-likeness (QED) is 0.624. The summed E-state index contributed by atoms with van der Waals surface area (Å²) in [5, 5.41) is 11.2. The van der Waals surface area contributed by atoms with Crippen LogP contribution in [0.25, 0.3) is 0 Å². The van der Waals surface area contributed by atoms with Crippen LogP contribution in [-0.2, 0) is 27.7 Å². The highest BCUT2D eigenvalue weighted by Crippen LogP contribution is 2.14. The van der Waals surface area contributed by atoms with E-state index in [2.05, 4.69) is 15.5 Å². The van der Waals surface area contributed by atoms with Crippen LogP contribution in [0.2, 0.25) is 0 Å². The van der Waals surface area contributed by atoms with Crippen molar-refractivity contribution >= 4 is 21.4 Å². The van der Waals surface area contributed by atoms with Crippen LogP contribution < -0.4 is 5.32 Å². The van der Waals surface area contributed by atoms with Gasteiger partial charge in [0.1, 0.15) is 0 Å². The summed E-state index contributed by atoms with van der Waals surface area (Å²) >= 11 is 0. The Hall–Kier alpha value is -2.94. The highest BCUT2D eigenvalue weighted by atomic mass is 32.2. The SMILES string of the molecule is CCn1ncc(Cn2cc(NC(=O)CCS(=O)(=O)c3ccccc3)cn2)c1C.